The zero-order chi connectivity index (χ0) is 6.62. The molecule has 0 unspecified atom stereocenters. The van der Waals surface area contributed by atoms with E-state index in [2.05, 4.69) is 10.2 Å². The predicted octanol–water partition coefficient (Wildman–Crippen LogP) is 0.477. The first kappa shape index (κ1) is 8.35. The fourth-order valence-corrected chi connectivity index (χ4v) is 1.74. The summed E-state index contributed by atoms with van der Waals surface area (Å²) in [4.78, 5) is 0. The third kappa shape index (κ3) is 3.37. The first-order valence-corrected chi connectivity index (χ1v) is 5.98. The van der Waals surface area contributed by atoms with Gasteiger partial charge in [0.25, 0.3) is 0 Å². The quantitative estimate of drug-likeness (QED) is 0.541. The molecule has 0 amide bonds. The molecule has 0 saturated heterocycles. The molecule has 47 valence electrons. The molecule has 3 radical (unpaired) electrons. The summed E-state index contributed by atoms with van der Waals surface area (Å²) in [6.45, 7) is 3.99. The molecule has 0 aliphatic heterocycles. The zero-order valence-corrected chi connectivity index (χ0v) is 7.52. The molecule has 0 N–H and O–H groups in total. The molecule has 0 fully saturated rings. The number of rotatable bonds is 3. The van der Waals surface area contributed by atoms with E-state index in [1.54, 1.807) is 7.11 Å². The van der Waals surface area contributed by atoms with Crippen molar-refractivity contribution in [3.8, 4) is 0 Å². The van der Waals surface area contributed by atoms with Crippen molar-refractivity contribution in [2.24, 2.45) is 0 Å². The van der Waals surface area contributed by atoms with Crippen molar-refractivity contribution >= 4 is 18.8 Å². The van der Waals surface area contributed by atoms with Crippen LogP contribution in [0.4, 0.5) is 0 Å². The molecule has 0 aromatic carbocycles. The Morgan fingerprint density at radius 2 is 2.00 bits per heavy atom. The highest BCUT2D eigenvalue weighted by molar-refractivity contribution is 6.64. The van der Waals surface area contributed by atoms with Crippen LogP contribution in [0, 0.1) is 0 Å². The molecule has 0 spiro atoms. The van der Waals surface area contributed by atoms with E-state index in [4.69, 9.17) is 8.85 Å². The van der Waals surface area contributed by atoms with Gasteiger partial charge in [-0.1, -0.05) is 0 Å². The molecule has 0 atom stereocenters. The van der Waals surface area contributed by atoms with E-state index in [0.717, 1.165) is 0 Å². The molecule has 0 aliphatic rings. The van der Waals surface area contributed by atoms with Crippen LogP contribution in [0.1, 0.15) is 0 Å². The second-order valence-corrected chi connectivity index (χ2v) is 5.68. The molecular weight excluding hydrogens is 136 g/mol. The van der Waals surface area contributed by atoms with Crippen LogP contribution >= 0.6 is 0 Å². The van der Waals surface area contributed by atoms with Gasteiger partial charge in [0.2, 0.25) is 0 Å². The van der Waals surface area contributed by atoms with E-state index < -0.39 is 8.56 Å². The summed E-state index contributed by atoms with van der Waals surface area (Å²) < 4.78 is 10.3. The lowest BCUT2D eigenvalue weighted by atomic mass is 11.7. The Hall–Kier alpha value is 0.354. The molecule has 0 aromatic rings. The highest BCUT2D eigenvalue weighted by Crippen LogP contribution is 2.01. The van der Waals surface area contributed by atoms with Crippen molar-refractivity contribution in [3.05, 3.63) is 0 Å². The third-order valence-electron chi connectivity index (χ3n) is 0.911. The van der Waals surface area contributed by atoms with Crippen LogP contribution in [-0.4, -0.2) is 32.1 Å². The monoisotopic (exact) mass is 147 g/mol. The minimum atomic E-state index is -1.73. The van der Waals surface area contributed by atoms with Crippen molar-refractivity contribution in [2.75, 3.05) is 13.3 Å². The summed E-state index contributed by atoms with van der Waals surface area (Å²) in [5.41, 5.74) is 0. The third-order valence-corrected chi connectivity index (χ3v) is 3.17. The van der Waals surface area contributed by atoms with Crippen LogP contribution in [0.2, 0.25) is 13.1 Å². The maximum atomic E-state index is 5.21. The number of hydrogen-bond donors (Lipinski definition) is 0. The van der Waals surface area contributed by atoms with E-state index >= 15 is 0 Å². The lowest BCUT2D eigenvalue weighted by molar-refractivity contribution is 0.245. The Morgan fingerprint density at radius 1 is 1.50 bits per heavy atom. The van der Waals surface area contributed by atoms with Crippen LogP contribution in [0.25, 0.3) is 0 Å². The molecule has 0 saturated carbocycles. The molecule has 4 heteroatoms. The van der Waals surface area contributed by atoms with E-state index in [0.29, 0.717) is 6.23 Å². The van der Waals surface area contributed by atoms with Gasteiger partial charge < -0.3 is 8.85 Å². The first-order valence-electron chi connectivity index (χ1n) is 2.46. The van der Waals surface area contributed by atoms with Crippen LogP contribution in [0.15, 0.2) is 0 Å². The van der Waals surface area contributed by atoms with Gasteiger partial charge in [-0.2, -0.15) is 0 Å². The van der Waals surface area contributed by atoms with Gasteiger partial charge in [0.15, 0.2) is 0 Å². The highest BCUT2D eigenvalue weighted by atomic mass is 28.4. The van der Waals surface area contributed by atoms with Gasteiger partial charge in [-0.3, -0.25) is 0 Å². The predicted molar refractivity (Wildman–Crippen MR) is 36.2 cm³/mol. The van der Waals surface area contributed by atoms with Crippen molar-refractivity contribution < 1.29 is 8.85 Å². The maximum absolute atomic E-state index is 5.21. The summed E-state index contributed by atoms with van der Waals surface area (Å²) in [5.74, 6) is 0. The molecule has 0 aromatic heterocycles. The largest absolute Gasteiger partial charge is 0.399 e. The molecule has 8 heavy (non-hydrogen) atoms. The summed E-state index contributed by atoms with van der Waals surface area (Å²) >= 11 is 0. The van der Waals surface area contributed by atoms with E-state index in [-0.39, 0.29) is 0 Å². The maximum Gasteiger partial charge on any atom is 0.331 e. The molecule has 0 rings (SSSR count). The molecular formula is C4H11O2Si2. The molecule has 0 aliphatic carbocycles. The molecule has 2 nitrogen and oxygen atoms in total. The van der Waals surface area contributed by atoms with Crippen molar-refractivity contribution in [3.63, 3.8) is 0 Å². The molecule has 0 bridgehead atoms. The van der Waals surface area contributed by atoms with Gasteiger partial charge >= 0.3 is 8.56 Å². The Balaban J connectivity index is 3.37. The average Bonchev–Trinajstić information content (AvgIpc) is 1.67. The minimum absolute atomic E-state index is 0.563. The Kier molecular flexibility index (Phi) is 3.54. The van der Waals surface area contributed by atoms with Gasteiger partial charge in [-0.15, -0.1) is 0 Å². The fourth-order valence-electron chi connectivity index (χ4n) is 0.233. The van der Waals surface area contributed by atoms with Gasteiger partial charge in [0.05, 0.1) is 10.2 Å². The summed E-state index contributed by atoms with van der Waals surface area (Å²) in [7, 11) is 3.15. The van der Waals surface area contributed by atoms with Gasteiger partial charge in [0.1, 0.15) is 0 Å². The lowest BCUT2D eigenvalue weighted by Gasteiger charge is -2.18. The Labute approximate surface area is 54.9 Å². The number of hydrogen-bond acceptors (Lipinski definition) is 2. The Morgan fingerprint density at radius 3 is 2.12 bits per heavy atom. The fraction of sp³-hybridized carbons (Fsp3) is 1.00. The summed E-state index contributed by atoms with van der Waals surface area (Å²) in [6.07, 6.45) is 0.563. The van der Waals surface area contributed by atoms with Crippen LogP contribution in [0.5, 0.6) is 0 Å². The minimum Gasteiger partial charge on any atom is -0.399 e. The van der Waals surface area contributed by atoms with E-state index in [1.807, 2.05) is 13.1 Å². The van der Waals surface area contributed by atoms with E-state index in [9.17, 15) is 0 Å². The standard InChI is InChI=1S/C4H11O2Si2/c1-5-8(2,3)6-4-7/h4H2,1-3H3. The second kappa shape index (κ2) is 3.39. The Bertz CT molecular complexity index is 65.1. The van der Waals surface area contributed by atoms with Crippen molar-refractivity contribution in [1.82, 2.24) is 0 Å². The SMILES string of the molecule is CO[Si](C)(C)OC[Si]. The van der Waals surface area contributed by atoms with Gasteiger partial charge in [-0.25, -0.2) is 0 Å². The topological polar surface area (TPSA) is 18.5 Å². The van der Waals surface area contributed by atoms with Gasteiger partial charge in [-0.05, 0) is 13.1 Å². The van der Waals surface area contributed by atoms with E-state index in [1.165, 1.54) is 0 Å². The lowest BCUT2D eigenvalue weighted by Crippen LogP contribution is -2.33. The van der Waals surface area contributed by atoms with Crippen molar-refractivity contribution in [1.29, 1.82) is 0 Å². The smallest absolute Gasteiger partial charge is 0.331 e. The summed E-state index contributed by atoms with van der Waals surface area (Å²) in [5, 5.41) is 0. The van der Waals surface area contributed by atoms with Gasteiger partial charge in [0, 0.05) is 13.3 Å². The van der Waals surface area contributed by atoms with Crippen LogP contribution in [0.3, 0.4) is 0 Å². The second-order valence-electron chi connectivity index (χ2n) is 1.89. The molecule has 0 heterocycles. The summed E-state index contributed by atoms with van der Waals surface area (Å²) in [6, 6.07) is 0. The van der Waals surface area contributed by atoms with Crippen molar-refractivity contribution in [2.45, 2.75) is 13.1 Å². The normalized spacial score (nSPS) is 12.0. The van der Waals surface area contributed by atoms with Crippen LogP contribution < -0.4 is 0 Å². The zero-order valence-electron chi connectivity index (χ0n) is 5.52. The average molecular weight is 147 g/mol. The van der Waals surface area contributed by atoms with Crippen LogP contribution in [-0.2, 0) is 8.85 Å². The highest BCUT2D eigenvalue weighted by Gasteiger charge is 2.20. The first-order chi connectivity index (χ1) is 3.62.